The van der Waals surface area contributed by atoms with Gasteiger partial charge in [0.15, 0.2) is 0 Å². The molecule has 156 valence electrons. The van der Waals surface area contributed by atoms with Gasteiger partial charge >= 0.3 is 6.03 Å². The lowest BCUT2D eigenvalue weighted by Gasteiger charge is -2.37. The molecule has 1 saturated heterocycles. The Morgan fingerprint density at radius 3 is 2.67 bits per heavy atom. The number of piperidine rings is 1. The maximum Gasteiger partial charge on any atom is 0.315 e. The van der Waals surface area contributed by atoms with Crippen LogP contribution in [0.5, 0.6) is 0 Å². The van der Waals surface area contributed by atoms with Crippen molar-refractivity contribution in [2.75, 3.05) is 24.5 Å². The Balaban J connectivity index is 1.61. The quantitative estimate of drug-likeness (QED) is 0.607. The van der Waals surface area contributed by atoms with Crippen molar-refractivity contribution in [3.8, 4) is 0 Å². The van der Waals surface area contributed by atoms with Gasteiger partial charge < -0.3 is 20.5 Å². The zero-order valence-corrected chi connectivity index (χ0v) is 17.4. The molecule has 3 heterocycles. The number of aromatic nitrogens is 1. The standard InChI is InChI=1S/C23H24ClFN4O/c24-19-11-17-18(13-27-21(17)12-20(19)25)22-16-5-4-15(28-7-2-1-3-8-28)10-14(16)6-9-29(22)23(26)30/h4-5,10-13,22,27H,1-3,6-9H2,(H2,26,30). The number of anilines is 1. The van der Waals surface area contributed by atoms with Gasteiger partial charge in [0.05, 0.1) is 11.1 Å². The van der Waals surface area contributed by atoms with Crippen LogP contribution in [-0.4, -0.2) is 35.5 Å². The highest BCUT2D eigenvalue weighted by molar-refractivity contribution is 6.31. The van der Waals surface area contributed by atoms with E-state index < -0.39 is 11.8 Å². The van der Waals surface area contributed by atoms with Gasteiger partial charge in [0, 0.05) is 48.0 Å². The summed E-state index contributed by atoms with van der Waals surface area (Å²) in [6.45, 7) is 2.71. The van der Waals surface area contributed by atoms with E-state index in [4.69, 9.17) is 17.3 Å². The topological polar surface area (TPSA) is 65.4 Å². The van der Waals surface area contributed by atoms with Crippen LogP contribution < -0.4 is 10.6 Å². The van der Waals surface area contributed by atoms with Crippen molar-refractivity contribution < 1.29 is 9.18 Å². The summed E-state index contributed by atoms with van der Waals surface area (Å²) < 4.78 is 13.9. The summed E-state index contributed by atoms with van der Waals surface area (Å²) in [5, 5.41) is 0.857. The second-order valence-corrected chi connectivity index (χ2v) is 8.58. The van der Waals surface area contributed by atoms with E-state index in [0.29, 0.717) is 12.1 Å². The minimum absolute atomic E-state index is 0.0606. The Morgan fingerprint density at radius 2 is 1.90 bits per heavy atom. The van der Waals surface area contributed by atoms with Crippen molar-refractivity contribution in [3.05, 3.63) is 64.1 Å². The van der Waals surface area contributed by atoms with Crippen LogP contribution in [0.2, 0.25) is 5.02 Å². The van der Waals surface area contributed by atoms with Gasteiger partial charge in [-0.1, -0.05) is 17.7 Å². The van der Waals surface area contributed by atoms with Gasteiger partial charge in [0.2, 0.25) is 0 Å². The summed E-state index contributed by atoms with van der Waals surface area (Å²) in [4.78, 5) is 19.5. The fraction of sp³-hybridized carbons (Fsp3) is 0.348. The summed E-state index contributed by atoms with van der Waals surface area (Å²) in [5.74, 6) is -0.473. The number of urea groups is 1. The number of H-pyrrole nitrogens is 1. The highest BCUT2D eigenvalue weighted by Crippen LogP contribution is 2.40. The lowest BCUT2D eigenvalue weighted by Crippen LogP contribution is -2.43. The molecule has 0 bridgehead atoms. The minimum atomic E-state index is -0.473. The summed E-state index contributed by atoms with van der Waals surface area (Å²) in [6, 6.07) is 8.72. The van der Waals surface area contributed by atoms with Gasteiger partial charge in [-0.2, -0.15) is 0 Å². The lowest BCUT2D eigenvalue weighted by atomic mass is 9.87. The van der Waals surface area contributed by atoms with Crippen LogP contribution in [0.4, 0.5) is 14.9 Å². The number of rotatable bonds is 2. The van der Waals surface area contributed by atoms with E-state index in [1.54, 1.807) is 11.0 Å². The van der Waals surface area contributed by atoms with Crippen LogP contribution >= 0.6 is 11.6 Å². The van der Waals surface area contributed by atoms with Crippen molar-refractivity contribution in [3.63, 3.8) is 0 Å². The van der Waals surface area contributed by atoms with Crippen LogP contribution in [0, 0.1) is 5.82 Å². The fourth-order valence-electron chi connectivity index (χ4n) is 4.90. The van der Waals surface area contributed by atoms with E-state index >= 15 is 0 Å². The lowest BCUT2D eigenvalue weighted by molar-refractivity contribution is 0.190. The average molecular weight is 427 g/mol. The molecule has 0 spiro atoms. The molecular formula is C23H24ClFN4O. The fourth-order valence-corrected chi connectivity index (χ4v) is 5.06. The summed E-state index contributed by atoms with van der Waals surface area (Å²) >= 11 is 6.06. The highest BCUT2D eigenvalue weighted by atomic mass is 35.5. The number of aromatic amines is 1. The largest absolute Gasteiger partial charge is 0.372 e. The number of hydrogen-bond donors (Lipinski definition) is 2. The van der Waals surface area contributed by atoms with Gasteiger partial charge in [-0.3, -0.25) is 0 Å². The third-order valence-corrected chi connectivity index (χ3v) is 6.70. The number of carbonyl (C=O) groups is 1. The zero-order valence-electron chi connectivity index (χ0n) is 16.6. The first kappa shape index (κ1) is 19.2. The number of amides is 2. The van der Waals surface area contributed by atoms with Gasteiger partial charge in [0.25, 0.3) is 0 Å². The van der Waals surface area contributed by atoms with E-state index in [1.807, 2.05) is 6.20 Å². The Bertz CT molecular complexity index is 1120. The van der Waals surface area contributed by atoms with Crippen LogP contribution in [0.15, 0.2) is 36.5 Å². The number of nitrogens with one attached hydrogen (secondary N) is 1. The van der Waals surface area contributed by atoms with Gasteiger partial charge in [-0.25, -0.2) is 9.18 Å². The second kappa shape index (κ2) is 7.51. The first-order valence-electron chi connectivity index (χ1n) is 10.4. The third kappa shape index (κ3) is 3.19. The molecule has 0 aliphatic carbocycles. The van der Waals surface area contributed by atoms with Crippen LogP contribution in [0.25, 0.3) is 10.9 Å². The molecule has 5 rings (SSSR count). The van der Waals surface area contributed by atoms with E-state index in [2.05, 4.69) is 28.1 Å². The highest BCUT2D eigenvalue weighted by Gasteiger charge is 2.33. The maximum atomic E-state index is 13.9. The molecule has 1 atom stereocenters. The number of carbonyl (C=O) groups excluding carboxylic acids is 1. The number of nitrogens with zero attached hydrogens (tertiary/aromatic N) is 2. The molecule has 0 radical (unpaired) electrons. The molecule has 3 aromatic rings. The predicted octanol–water partition coefficient (Wildman–Crippen LogP) is 4.98. The summed E-state index contributed by atoms with van der Waals surface area (Å²) in [5.41, 5.74) is 10.8. The Labute approximate surface area is 179 Å². The molecule has 1 aromatic heterocycles. The maximum absolute atomic E-state index is 13.9. The Morgan fingerprint density at radius 1 is 1.10 bits per heavy atom. The molecule has 1 unspecified atom stereocenters. The van der Waals surface area contributed by atoms with Crippen molar-refractivity contribution >= 4 is 34.2 Å². The normalized spacial score (nSPS) is 19.2. The minimum Gasteiger partial charge on any atom is -0.372 e. The van der Waals surface area contributed by atoms with E-state index in [1.165, 1.54) is 36.6 Å². The van der Waals surface area contributed by atoms with Crippen molar-refractivity contribution in [1.82, 2.24) is 9.88 Å². The molecule has 2 aliphatic rings. The number of benzene rings is 2. The molecule has 7 heteroatoms. The molecule has 2 aromatic carbocycles. The first-order valence-corrected chi connectivity index (χ1v) is 10.8. The monoisotopic (exact) mass is 426 g/mol. The molecule has 2 amide bonds. The molecule has 30 heavy (non-hydrogen) atoms. The summed E-state index contributed by atoms with van der Waals surface area (Å²) in [6.07, 6.45) is 6.33. The van der Waals surface area contributed by atoms with Gasteiger partial charge in [-0.15, -0.1) is 0 Å². The van der Waals surface area contributed by atoms with Crippen LogP contribution in [0.1, 0.15) is 42.0 Å². The van der Waals surface area contributed by atoms with Gasteiger partial charge in [0.1, 0.15) is 5.82 Å². The van der Waals surface area contributed by atoms with Crippen molar-refractivity contribution in [2.24, 2.45) is 5.73 Å². The first-order chi connectivity index (χ1) is 14.5. The summed E-state index contributed by atoms with van der Waals surface area (Å²) in [7, 11) is 0. The van der Waals surface area contributed by atoms with Crippen LogP contribution in [0.3, 0.4) is 0 Å². The third-order valence-electron chi connectivity index (χ3n) is 6.41. The van der Waals surface area contributed by atoms with E-state index in [9.17, 15) is 9.18 Å². The van der Waals surface area contributed by atoms with E-state index in [-0.39, 0.29) is 11.1 Å². The number of fused-ring (bicyclic) bond motifs is 2. The van der Waals surface area contributed by atoms with Crippen LogP contribution in [-0.2, 0) is 6.42 Å². The smallest absolute Gasteiger partial charge is 0.315 e. The molecule has 3 N–H and O–H groups in total. The number of halogens is 2. The van der Waals surface area contributed by atoms with Crippen molar-refractivity contribution in [1.29, 1.82) is 0 Å². The molecular weight excluding hydrogens is 403 g/mol. The van der Waals surface area contributed by atoms with Gasteiger partial charge in [-0.05, 0) is 61.1 Å². The number of hydrogen-bond acceptors (Lipinski definition) is 2. The van der Waals surface area contributed by atoms with E-state index in [0.717, 1.165) is 36.0 Å². The second-order valence-electron chi connectivity index (χ2n) is 8.17. The Kier molecular flexibility index (Phi) is 4.82. The molecule has 0 saturated carbocycles. The zero-order chi connectivity index (χ0) is 20.8. The molecule has 5 nitrogen and oxygen atoms in total. The number of nitrogens with two attached hydrogens (primary N) is 1. The number of primary amides is 1. The SMILES string of the molecule is NC(=O)N1CCc2cc(N3CCCCC3)ccc2C1c1c[nH]c2cc(F)c(Cl)cc12. The average Bonchev–Trinajstić information content (AvgIpc) is 3.15. The Hall–Kier alpha value is -2.73. The molecule has 1 fully saturated rings. The molecule has 2 aliphatic heterocycles. The van der Waals surface area contributed by atoms with Crippen molar-refractivity contribution in [2.45, 2.75) is 31.7 Å². The predicted molar refractivity (Wildman–Crippen MR) is 118 cm³/mol.